The number of amidine groups is 1. The van der Waals surface area contributed by atoms with E-state index in [2.05, 4.69) is 26.6 Å². The lowest BCUT2D eigenvalue weighted by Crippen LogP contribution is -2.51. The summed E-state index contributed by atoms with van der Waals surface area (Å²) in [6, 6.07) is 4.84. The van der Waals surface area contributed by atoms with E-state index < -0.39 is 6.03 Å². The number of benzene rings is 1. The molecule has 0 aromatic heterocycles. The second-order valence-electron chi connectivity index (χ2n) is 4.04. The minimum absolute atomic E-state index is 0.0712. The molecule has 1 fully saturated rings. The summed E-state index contributed by atoms with van der Waals surface area (Å²) in [5.41, 5.74) is 1.35. The lowest BCUT2D eigenvalue weighted by Gasteiger charge is -2.27. The van der Waals surface area contributed by atoms with Crippen LogP contribution < -0.4 is 10.6 Å². The SMILES string of the molecule is CC.CNc1cc(Br)ccc1C(=N)N1CCC(=O)NC1=O. The lowest BCUT2D eigenvalue weighted by molar-refractivity contribution is -0.121. The van der Waals surface area contributed by atoms with Crippen molar-refractivity contribution in [2.45, 2.75) is 20.3 Å². The van der Waals surface area contributed by atoms with Crippen LogP contribution in [-0.2, 0) is 4.79 Å². The normalized spacial score (nSPS) is 14.0. The molecule has 1 aromatic rings. The molecule has 21 heavy (non-hydrogen) atoms. The molecule has 1 aliphatic heterocycles. The van der Waals surface area contributed by atoms with Crippen LogP contribution in [0, 0.1) is 5.41 Å². The number of hydrogen-bond donors (Lipinski definition) is 3. The third-order valence-electron chi connectivity index (χ3n) is 2.83. The summed E-state index contributed by atoms with van der Waals surface area (Å²) in [5.74, 6) is -0.236. The number of halogens is 1. The van der Waals surface area contributed by atoms with Crippen molar-refractivity contribution in [2.75, 3.05) is 18.9 Å². The number of imide groups is 1. The van der Waals surface area contributed by atoms with Crippen LogP contribution in [0.4, 0.5) is 10.5 Å². The Morgan fingerprint density at radius 2 is 2.05 bits per heavy atom. The molecule has 114 valence electrons. The fourth-order valence-corrected chi connectivity index (χ4v) is 2.21. The molecule has 7 heteroatoms. The first-order chi connectivity index (χ1) is 10.0. The number of amides is 3. The molecule has 1 aromatic carbocycles. The molecule has 1 heterocycles. The minimum atomic E-state index is -0.550. The number of nitrogens with zero attached hydrogens (tertiary/aromatic N) is 1. The number of anilines is 1. The third-order valence-corrected chi connectivity index (χ3v) is 3.32. The minimum Gasteiger partial charge on any atom is -0.387 e. The molecule has 0 radical (unpaired) electrons. The standard InChI is InChI=1S/C12H13BrN4O2.C2H6/c1-15-9-6-7(13)2-3-8(9)11(14)17-5-4-10(18)16-12(17)19;1-2/h2-3,6,14-15H,4-5H2,1H3,(H,16,18,19);1-2H3. The first kappa shape index (κ1) is 17.2. The van der Waals surface area contributed by atoms with Gasteiger partial charge >= 0.3 is 6.03 Å². The highest BCUT2D eigenvalue weighted by Gasteiger charge is 2.27. The van der Waals surface area contributed by atoms with Gasteiger partial charge in [-0.25, -0.2) is 4.79 Å². The van der Waals surface area contributed by atoms with Crippen LogP contribution in [0.25, 0.3) is 0 Å². The van der Waals surface area contributed by atoms with Crippen molar-refractivity contribution in [3.05, 3.63) is 28.2 Å². The highest BCUT2D eigenvalue weighted by molar-refractivity contribution is 9.10. The predicted octanol–water partition coefficient (Wildman–Crippen LogP) is 2.78. The largest absolute Gasteiger partial charge is 0.387 e. The van der Waals surface area contributed by atoms with Gasteiger partial charge in [-0.3, -0.25) is 20.4 Å². The van der Waals surface area contributed by atoms with Crippen LogP contribution in [0.2, 0.25) is 0 Å². The van der Waals surface area contributed by atoms with Gasteiger partial charge in [-0.05, 0) is 18.2 Å². The molecule has 0 bridgehead atoms. The van der Waals surface area contributed by atoms with Gasteiger partial charge in [0.05, 0.1) is 0 Å². The Labute approximate surface area is 132 Å². The number of hydrogen-bond acceptors (Lipinski definition) is 4. The zero-order valence-electron chi connectivity index (χ0n) is 12.3. The van der Waals surface area contributed by atoms with Crippen molar-refractivity contribution >= 4 is 39.4 Å². The van der Waals surface area contributed by atoms with Crippen molar-refractivity contribution < 1.29 is 9.59 Å². The maximum absolute atomic E-state index is 11.7. The van der Waals surface area contributed by atoms with Crippen molar-refractivity contribution in [3.8, 4) is 0 Å². The Balaban J connectivity index is 0.00000106. The first-order valence-corrected chi connectivity index (χ1v) is 7.50. The molecule has 0 atom stereocenters. The van der Waals surface area contributed by atoms with Gasteiger partial charge in [0, 0.05) is 35.7 Å². The van der Waals surface area contributed by atoms with Gasteiger partial charge < -0.3 is 5.32 Å². The van der Waals surface area contributed by atoms with E-state index in [0.717, 1.165) is 10.2 Å². The predicted molar refractivity (Wildman–Crippen MR) is 86.7 cm³/mol. The molecule has 2 rings (SSSR count). The van der Waals surface area contributed by atoms with Crippen LogP contribution in [0.1, 0.15) is 25.8 Å². The Hall–Kier alpha value is -1.89. The lowest BCUT2D eigenvalue weighted by atomic mass is 10.1. The van der Waals surface area contributed by atoms with Gasteiger partial charge in [-0.2, -0.15) is 0 Å². The molecular weight excluding hydrogens is 336 g/mol. The van der Waals surface area contributed by atoms with Gasteiger partial charge in [0.2, 0.25) is 5.91 Å². The van der Waals surface area contributed by atoms with Crippen LogP contribution in [0.5, 0.6) is 0 Å². The summed E-state index contributed by atoms with van der Waals surface area (Å²) in [4.78, 5) is 24.1. The van der Waals surface area contributed by atoms with Crippen LogP contribution in [0.15, 0.2) is 22.7 Å². The average Bonchev–Trinajstić information content (AvgIpc) is 2.48. The number of urea groups is 1. The van der Waals surface area contributed by atoms with Crippen LogP contribution in [-0.4, -0.2) is 36.3 Å². The molecule has 1 aliphatic rings. The molecule has 0 spiro atoms. The van der Waals surface area contributed by atoms with Crippen molar-refractivity contribution in [1.82, 2.24) is 10.2 Å². The molecule has 3 N–H and O–H groups in total. The summed E-state index contributed by atoms with van der Waals surface area (Å²) in [5, 5.41) is 13.3. The monoisotopic (exact) mass is 354 g/mol. The molecule has 1 saturated heterocycles. The van der Waals surface area contributed by atoms with Crippen molar-refractivity contribution in [1.29, 1.82) is 5.41 Å². The Bertz CT molecular complexity index is 560. The van der Waals surface area contributed by atoms with Crippen molar-refractivity contribution in [2.24, 2.45) is 0 Å². The Morgan fingerprint density at radius 1 is 1.38 bits per heavy atom. The van der Waals surface area contributed by atoms with Crippen LogP contribution >= 0.6 is 15.9 Å². The molecule has 0 aliphatic carbocycles. The molecule has 3 amide bonds. The smallest absolute Gasteiger partial charge is 0.329 e. The molecular formula is C14H19BrN4O2. The van der Waals surface area contributed by atoms with E-state index in [0.29, 0.717) is 5.56 Å². The highest BCUT2D eigenvalue weighted by Crippen LogP contribution is 2.23. The van der Waals surface area contributed by atoms with E-state index in [1.807, 2.05) is 19.9 Å². The van der Waals surface area contributed by atoms with Crippen molar-refractivity contribution in [3.63, 3.8) is 0 Å². The summed E-state index contributed by atoms with van der Waals surface area (Å²) in [6.45, 7) is 4.22. The van der Waals surface area contributed by atoms with E-state index >= 15 is 0 Å². The average molecular weight is 355 g/mol. The number of rotatable bonds is 2. The first-order valence-electron chi connectivity index (χ1n) is 6.70. The van der Waals surface area contributed by atoms with Gasteiger partial charge in [0.1, 0.15) is 5.84 Å². The summed E-state index contributed by atoms with van der Waals surface area (Å²) >= 11 is 3.35. The summed E-state index contributed by atoms with van der Waals surface area (Å²) < 4.78 is 0.881. The van der Waals surface area contributed by atoms with E-state index in [-0.39, 0.29) is 24.7 Å². The fraction of sp³-hybridized carbons (Fsp3) is 0.357. The van der Waals surface area contributed by atoms with E-state index in [1.165, 1.54) is 4.90 Å². The Morgan fingerprint density at radius 3 is 2.62 bits per heavy atom. The van der Waals surface area contributed by atoms with Crippen LogP contribution in [0.3, 0.4) is 0 Å². The van der Waals surface area contributed by atoms with E-state index in [9.17, 15) is 9.59 Å². The third kappa shape index (κ3) is 4.04. The summed E-state index contributed by atoms with van der Waals surface area (Å²) in [7, 11) is 1.75. The van der Waals surface area contributed by atoms with Gasteiger partial charge in [0.15, 0.2) is 0 Å². The van der Waals surface area contributed by atoms with Gasteiger partial charge in [-0.15, -0.1) is 0 Å². The quantitative estimate of drug-likeness (QED) is 0.563. The molecule has 0 unspecified atom stereocenters. The Kier molecular flexibility index (Phi) is 6.36. The second kappa shape index (κ2) is 7.78. The number of carbonyl (C=O) groups is 2. The maximum atomic E-state index is 11.7. The maximum Gasteiger partial charge on any atom is 0.329 e. The van der Waals surface area contributed by atoms with E-state index in [1.54, 1.807) is 19.2 Å². The topological polar surface area (TPSA) is 85.3 Å². The van der Waals surface area contributed by atoms with E-state index in [4.69, 9.17) is 5.41 Å². The van der Waals surface area contributed by atoms with Gasteiger partial charge in [-0.1, -0.05) is 29.8 Å². The number of carbonyl (C=O) groups excluding carboxylic acids is 2. The molecule has 0 saturated carbocycles. The second-order valence-corrected chi connectivity index (χ2v) is 4.96. The molecule has 6 nitrogen and oxygen atoms in total. The fourth-order valence-electron chi connectivity index (χ4n) is 1.85. The zero-order chi connectivity index (χ0) is 16.0. The zero-order valence-corrected chi connectivity index (χ0v) is 13.9. The summed E-state index contributed by atoms with van der Waals surface area (Å²) in [6.07, 6.45) is 0.208. The highest BCUT2D eigenvalue weighted by atomic mass is 79.9. The van der Waals surface area contributed by atoms with Gasteiger partial charge in [0.25, 0.3) is 0 Å². The number of nitrogens with one attached hydrogen (secondary N) is 3.